The van der Waals surface area contributed by atoms with Crippen LogP contribution in [-0.2, 0) is 24.4 Å². The molecule has 1 fully saturated rings. The lowest BCUT2D eigenvalue weighted by Gasteiger charge is -2.25. The minimum absolute atomic E-state index is 0.0511. The van der Waals surface area contributed by atoms with Gasteiger partial charge in [-0.15, -0.1) is 0 Å². The summed E-state index contributed by atoms with van der Waals surface area (Å²) in [5.41, 5.74) is 0.417. The van der Waals surface area contributed by atoms with E-state index in [4.69, 9.17) is 0 Å². The lowest BCUT2D eigenvalue weighted by atomic mass is 9.91. The third-order valence-corrected chi connectivity index (χ3v) is 7.67. The summed E-state index contributed by atoms with van der Waals surface area (Å²) < 4.78 is 25.9. The number of carbonyl (C=O) groups is 3. The molecule has 0 saturated carbocycles. The summed E-state index contributed by atoms with van der Waals surface area (Å²) in [7, 11) is -0.806. The van der Waals surface area contributed by atoms with Crippen LogP contribution >= 0.6 is 11.8 Å². The maximum absolute atomic E-state index is 12.9. The standard InChI is InChI=1S/C21H29N3O5S2/c1-13-8-9-15(31(28,29)23(6)7)10-16(13)22-20(27)14(2)24-18(26)12-30-19(24)11-17(25)21(3,4)5/h8-11,14H,12H2,1-7H3,(H,22,27). The molecule has 31 heavy (non-hydrogen) atoms. The number of aryl methyl sites for hydroxylation is 1. The van der Waals surface area contributed by atoms with Crippen LogP contribution in [-0.4, -0.2) is 61.1 Å². The first kappa shape index (κ1) is 25.1. The lowest BCUT2D eigenvalue weighted by molar-refractivity contribution is -0.132. The predicted octanol–water partition coefficient (Wildman–Crippen LogP) is 2.60. The van der Waals surface area contributed by atoms with Crippen molar-refractivity contribution >= 4 is 45.1 Å². The molecule has 1 unspecified atom stereocenters. The van der Waals surface area contributed by atoms with Gasteiger partial charge in [0.2, 0.25) is 21.8 Å². The molecule has 8 nitrogen and oxygen atoms in total. The molecule has 2 rings (SSSR count). The second-order valence-corrected chi connectivity index (χ2v) is 11.7. The Labute approximate surface area is 188 Å². The number of rotatable bonds is 6. The predicted molar refractivity (Wildman–Crippen MR) is 122 cm³/mol. The zero-order valence-corrected chi connectivity index (χ0v) is 20.5. The Morgan fingerprint density at radius 1 is 1.26 bits per heavy atom. The number of sulfonamides is 1. The van der Waals surface area contributed by atoms with Crippen molar-refractivity contribution in [1.29, 1.82) is 0 Å². The molecule has 1 aliphatic rings. The van der Waals surface area contributed by atoms with Crippen molar-refractivity contribution in [2.45, 2.75) is 45.6 Å². The highest BCUT2D eigenvalue weighted by atomic mass is 32.2. The molecule has 0 bridgehead atoms. The van der Waals surface area contributed by atoms with E-state index < -0.39 is 27.4 Å². The van der Waals surface area contributed by atoms with E-state index in [1.54, 1.807) is 40.7 Å². The molecule has 1 heterocycles. The van der Waals surface area contributed by atoms with Crippen molar-refractivity contribution in [1.82, 2.24) is 9.21 Å². The van der Waals surface area contributed by atoms with Crippen LogP contribution < -0.4 is 5.32 Å². The molecule has 1 N–H and O–H groups in total. The minimum Gasteiger partial charge on any atom is -0.324 e. The fraction of sp³-hybridized carbons (Fsp3) is 0.476. The largest absolute Gasteiger partial charge is 0.324 e. The highest BCUT2D eigenvalue weighted by Crippen LogP contribution is 2.33. The van der Waals surface area contributed by atoms with Crippen molar-refractivity contribution in [2.75, 3.05) is 25.2 Å². The van der Waals surface area contributed by atoms with Gasteiger partial charge in [-0.3, -0.25) is 19.3 Å². The summed E-state index contributed by atoms with van der Waals surface area (Å²) in [6.45, 7) is 8.67. The SMILES string of the molecule is Cc1ccc(S(=O)(=O)N(C)C)cc1NC(=O)C(C)N1C(=O)CSC1=CC(=O)C(C)(C)C. The van der Waals surface area contributed by atoms with Crippen molar-refractivity contribution in [2.24, 2.45) is 5.41 Å². The van der Waals surface area contributed by atoms with Gasteiger partial charge >= 0.3 is 0 Å². The van der Waals surface area contributed by atoms with Crippen LogP contribution in [0.25, 0.3) is 0 Å². The Morgan fingerprint density at radius 2 is 1.87 bits per heavy atom. The van der Waals surface area contributed by atoms with E-state index in [-0.39, 0.29) is 22.3 Å². The third kappa shape index (κ3) is 5.55. The quantitative estimate of drug-likeness (QED) is 0.645. The monoisotopic (exact) mass is 467 g/mol. The van der Waals surface area contributed by atoms with Crippen LogP contribution in [0.15, 0.2) is 34.2 Å². The van der Waals surface area contributed by atoms with Crippen molar-refractivity contribution in [3.05, 3.63) is 34.9 Å². The molecule has 2 amide bonds. The van der Waals surface area contributed by atoms with Crippen LogP contribution in [0.5, 0.6) is 0 Å². The zero-order valence-electron chi connectivity index (χ0n) is 18.8. The number of anilines is 1. The highest BCUT2D eigenvalue weighted by molar-refractivity contribution is 8.04. The molecule has 1 saturated heterocycles. The van der Waals surface area contributed by atoms with E-state index >= 15 is 0 Å². The molecule has 0 aromatic heterocycles. The van der Waals surface area contributed by atoms with E-state index in [2.05, 4.69) is 5.32 Å². The zero-order chi connectivity index (χ0) is 23.7. The number of ketones is 1. The molecular weight excluding hydrogens is 438 g/mol. The van der Waals surface area contributed by atoms with Gasteiger partial charge in [-0.1, -0.05) is 38.6 Å². The maximum Gasteiger partial charge on any atom is 0.247 e. The fourth-order valence-electron chi connectivity index (χ4n) is 2.71. The number of thioether (sulfide) groups is 1. The number of hydrogen-bond donors (Lipinski definition) is 1. The number of amides is 2. The van der Waals surface area contributed by atoms with Gasteiger partial charge < -0.3 is 5.32 Å². The highest BCUT2D eigenvalue weighted by Gasteiger charge is 2.36. The van der Waals surface area contributed by atoms with E-state index in [0.29, 0.717) is 16.3 Å². The van der Waals surface area contributed by atoms with Gasteiger partial charge in [0.1, 0.15) is 6.04 Å². The van der Waals surface area contributed by atoms with E-state index in [9.17, 15) is 22.8 Å². The van der Waals surface area contributed by atoms with Gasteiger partial charge in [-0.25, -0.2) is 12.7 Å². The Balaban J connectivity index is 2.30. The van der Waals surface area contributed by atoms with E-state index in [0.717, 1.165) is 4.31 Å². The molecular formula is C21H29N3O5S2. The average Bonchev–Trinajstić information content (AvgIpc) is 3.01. The van der Waals surface area contributed by atoms with Gasteiger partial charge in [-0.2, -0.15) is 0 Å². The first-order chi connectivity index (χ1) is 14.2. The summed E-state index contributed by atoms with van der Waals surface area (Å²) in [4.78, 5) is 39.1. The number of nitrogens with one attached hydrogen (secondary N) is 1. The summed E-state index contributed by atoms with van der Waals surface area (Å²) >= 11 is 1.22. The summed E-state index contributed by atoms with van der Waals surface area (Å²) in [5, 5.41) is 3.16. The second-order valence-electron chi connectivity index (χ2n) is 8.58. The van der Waals surface area contributed by atoms with Crippen molar-refractivity contribution < 1.29 is 22.8 Å². The molecule has 0 aliphatic carbocycles. The molecule has 0 radical (unpaired) electrons. The number of carbonyl (C=O) groups excluding carboxylic acids is 3. The lowest BCUT2D eigenvalue weighted by Crippen LogP contribution is -2.42. The first-order valence-electron chi connectivity index (χ1n) is 9.71. The minimum atomic E-state index is -3.67. The van der Waals surface area contributed by atoms with Crippen molar-refractivity contribution in [3.8, 4) is 0 Å². The molecule has 0 spiro atoms. The average molecular weight is 468 g/mol. The molecule has 170 valence electrons. The van der Waals surface area contributed by atoms with Crippen LogP contribution in [0.2, 0.25) is 0 Å². The number of benzene rings is 1. The van der Waals surface area contributed by atoms with E-state index in [1.165, 1.54) is 49.0 Å². The molecule has 10 heteroatoms. The first-order valence-corrected chi connectivity index (χ1v) is 12.1. The topological polar surface area (TPSA) is 104 Å². The van der Waals surface area contributed by atoms with Gasteiger partial charge in [0.15, 0.2) is 5.78 Å². The molecule has 1 aromatic carbocycles. The Kier molecular flexibility index (Phi) is 7.39. The van der Waals surface area contributed by atoms with Crippen LogP contribution in [0.4, 0.5) is 5.69 Å². The van der Waals surface area contributed by atoms with Crippen LogP contribution in [0, 0.1) is 12.3 Å². The molecule has 1 aliphatic heterocycles. The van der Waals surface area contributed by atoms with Crippen LogP contribution in [0.3, 0.4) is 0 Å². The fourth-order valence-corrected chi connectivity index (χ4v) is 4.63. The Bertz CT molecular complexity index is 1040. The Hall–Kier alpha value is -2.17. The smallest absolute Gasteiger partial charge is 0.247 e. The van der Waals surface area contributed by atoms with Gasteiger partial charge in [0.25, 0.3) is 0 Å². The normalized spacial score (nSPS) is 17.4. The second kappa shape index (κ2) is 9.13. The Morgan fingerprint density at radius 3 is 2.42 bits per heavy atom. The van der Waals surface area contributed by atoms with Gasteiger partial charge in [0, 0.05) is 31.3 Å². The molecule has 1 atom stereocenters. The number of hydrogen-bond acceptors (Lipinski definition) is 6. The maximum atomic E-state index is 12.9. The number of nitrogens with zero attached hydrogens (tertiary/aromatic N) is 2. The van der Waals surface area contributed by atoms with E-state index in [1.807, 2.05) is 0 Å². The third-order valence-electron chi connectivity index (χ3n) is 4.86. The summed E-state index contributed by atoms with van der Waals surface area (Å²) in [5.74, 6) is -0.732. The number of allylic oxidation sites excluding steroid dienone is 1. The van der Waals surface area contributed by atoms with Gasteiger partial charge in [-0.05, 0) is 31.5 Å². The summed E-state index contributed by atoms with van der Waals surface area (Å²) in [6.07, 6.45) is 1.41. The molecule has 1 aromatic rings. The summed E-state index contributed by atoms with van der Waals surface area (Å²) in [6, 6.07) is 3.61. The van der Waals surface area contributed by atoms with Crippen molar-refractivity contribution in [3.63, 3.8) is 0 Å². The van der Waals surface area contributed by atoms with Crippen LogP contribution in [0.1, 0.15) is 33.3 Å². The van der Waals surface area contributed by atoms with Gasteiger partial charge in [0.05, 0.1) is 15.7 Å².